The third-order valence-corrected chi connectivity index (χ3v) is 2.36. The van der Waals surface area contributed by atoms with Crippen molar-refractivity contribution in [2.45, 2.75) is 13.0 Å². The zero-order chi connectivity index (χ0) is 12.4. The van der Waals surface area contributed by atoms with Crippen molar-refractivity contribution in [3.8, 4) is 0 Å². The molecule has 6 heteroatoms. The molecule has 2 rings (SSSR count). The maximum atomic E-state index is 11.7. The molecule has 0 radical (unpaired) electrons. The number of nitrogens with zero attached hydrogens (tertiary/aromatic N) is 1. The number of nitrogens with one attached hydrogen (secondary N) is 1. The minimum atomic E-state index is -0.944. The van der Waals surface area contributed by atoms with E-state index < -0.39 is 18.0 Å². The Morgan fingerprint density at radius 1 is 1.47 bits per heavy atom. The third-order valence-electron chi connectivity index (χ3n) is 2.36. The van der Waals surface area contributed by atoms with Crippen LogP contribution in [0.1, 0.15) is 17.3 Å². The van der Waals surface area contributed by atoms with Gasteiger partial charge in [-0.05, 0) is 19.1 Å². The molecular formula is C11H11N3O3. The summed E-state index contributed by atoms with van der Waals surface area (Å²) in [6.07, 6.45) is 0.705. The Labute approximate surface area is 96.7 Å². The van der Waals surface area contributed by atoms with Crippen LogP contribution in [0, 0.1) is 0 Å². The average Bonchev–Trinajstić information content (AvgIpc) is 2.75. The van der Waals surface area contributed by atoms with Gasteiger partial charge in [0.1, 0.15) is 0 Å². The monoisotopic (exact) mass is 233 g/mol. The molecule has 0 aliphatic carbocycles. The quantitative estimate of drug-likeness (QED) is 0.758. The number of ether oxygens (including phenoxy) is 1. The van der Waals surface area contributed by atoms with Crippen molar-refractivity contribution in [3.05, 3.63) is 30.0 Å². The Morgan fingerprint density at radius 3 is 2.94 bits per heavy atom. The summed E-state index contributed by atoms with van der Waals surface area (Å²) in [5, 5.41) is 7.47. The summed E-state index contributed by atoms with van der Waals surface area (Å²) in [4.78, 5) is 22.4. The summed E-state index contributed by atoms with van der Waals surface area (Å²) < 4.78 is 4.88. The van der Waals surface area contributed by atoms with Gasteiger partial charge in [-0.1, -0.05) is 6.07 Å². The second-order valence-electron chi connectivity index (χ2n) is 3.62. The number of aromatic nitrogens is 2. The van der Waals surface area contributed by atoms with Crippen LogP contribution in [0.4, 0.5) is 0 Å². The maximum absolute atomic E-state index is 11.7. The number of primary amides is 1. The van der Waals surface area contributed by atoms with E-state index in [1.54, 1.807) is 24.4 Å². The van der Waals surface area contributed by atoms with Gasteiger partial charge in [-0.15, -0.1) is 0 Å². The van der Waals surface area contributed by atoms with E-state index in [2.05, 4.69) is 10.2 Å². The summed E-state index contributed by atoms with van der Waals surface area (Å²) in [7, 11) is 0. The van der Waals surface area contributed by atoms with Crippen molar-refractivity contribution in [1.29, 1.82) is 0 Å². The number of carbonyl (C=O) groups is 2. The number of H-pyrrole nitrogens is 1. The lowest BCUT2D eigenvalue weighted by Gasteiger charge is -2.09. The highest BCUT2D eigenvalue weighted by Crippen LogP contribution is 2.14. The minimum absolute atomic E-state index is 0.342. The molecule has 3 N–H and O–H groups in total. The predicted octanol–water partition coefficient (Wildman–Crippen LogP) is 0.594. The molecule has 0 unspecified atom stereocenters. The number of benzene rings is 1. The van der Waals surface area contributed by atoms with E-state index in [0.29, 0.717) is 5.56 Å². The van der Waals surface area contributed by atoms with Crippen LogP contribution in [0.15, 0.2) is 24.4 Å². The first-order valence-electron chi connectivity index (χ1n) is 5.01. The highest BCUT2D eigenvalue weighted by molar-refractivity contribution is 5.95. The molecule has 0 bridgehead atoms. The van der Waals surface area contributed by atoms with Crippen molar-refractivity contribution < 1.29 is 14.3 Å². The Kier molecular flexibility index (Phi) is 2.78. The van der Waals surface area contributed by atoms with Crippen molar-refractivity contribution in [2.75, 3.05) is 0 Å². The van der Waals surface area contributed by atoms with Crippen LogP contribution in [-0.4, -0.2) is 28.2 Å². The number of esters is 1. The molecule has 1 atom stereocenters. The predicted molar refractivity (Wildman–Crippen MR) is 60.2 cm³/mol. The summed E-state index contributed by atoms with van der Waals surface area (Å²) >= 11 is 0. The van der Waals surface area contributed by atoms with Crippen LogP contribution in [-0.2, 0) is 9.53 Å². The van der Waals surface area contributed by atoms with Gasteiger partial charge < -0.3 is 10.5 Å². The lowest BCUT2D eigenvalue weighted by molar-refractivity contribution is -0.125. The second kappa shape index (κ2) is 4.25. The molecule has 0 fully saturated rings. The van der Waals surface area contributed by atoms with Gasteiger partial charge in [0.2, 0.25) is 0 Å². The molecular weight excluding hydrogens is 222 g/mol. The largest absolute Gasteiger partial charge is 0.449 e. The van der Waals surface area contributed by atoms with Crippen LogP contribution in [0.2, 0.25) is 0 Å². The summed E-state index contributed by atoms with van der Waals surface area (Å²) in [5.74, 6) is -1.27. The van der Waals surface area contributed by atoms with Gasteiger partial charge >= 0.3 is 5.97 Å². The first kappa shape index (κ1) is 11.1. The van der Waals surface area contributed by atoms with Gasteiger partial charge in [0.15, 0.2) is 6.10 Å². The molecule has 0 aliphatic rings. The van der Waals surface area contributed by atoms with Gasteiger partial charge in [-0.25, -0.2) is 4.79 Å². The fraction of sp³-hybridized carbons (Fsp3) is 0.182. The molecule has 0 spiro atoms. The van der Waals surface area contributed by atoms with Gasteiger partial charge in [-0.3, -0.25) is 9.89 Å². The van der Waals surface area contributed by atoms with E-state index in [9.17, 15) is 9.59 Å². The molecule has 1 aromatic carbocycles. The molecule has 17 heavy (non-hydrogen) atoms. The Bertz CT molecular complexity index is 576. The summed E-state index contributed by atoms with van der Waals surface area (Å²) in [6, 6.07) is 4.96. The van der Waals surface area contributed by atoms with E-state index >= 15 is 0 Å². The second-order valence-corrected chi connectivity index (χ2v) is 3.62. The number of fused-ring (bicyclic) bond motifs is 1. The van der Waals surface area contributed by atoms with Gasteiger partial charge in [0.05, 0.1) is 17.3 Å². The molecule has 0 aliphatic heterocycles. The molecule has 6 nitrogen and oxygen atoms in total. The standard InChI is InChI=1S/C11H11N3O3/c1-6(10(12)15)17-11(16)7-2-3-8-5-13-14-9(8)4-7/h2-6H,1H3,(H2,12,15)(H,13,14)/t6-/m0/s1. The molecule has 2 aromatic rings. The zero-order valence-corrected chi connectivity index (χ0v) is 9.14. The maximum Gasteiger partial charge on any atom is 0.338 e. The van der Waals surface area contributed by atoms with Crippen molar-refractivity contribution in [2.24, 2.45) is 5.73 Å². The van der Waals surface area contributed by atoms with Crippen LogP contribution in [0.5, 0.6) is 0 Å². The smallest absolute Gasteiger partial charge is 0.338 e. The van der Waals surface area contributed by atoms with E-state index in [4.69, 9.17) is 10.5 Å². The molecule has 1 aromatic heterocycles. The fourth-order valence-electron chi connectivity index (χ4n) is 1.35. The highest BCUT2D eigenvalue weighted by atomic mass is 16.5. The van der Waals surface area contributed by atoms with Crippen LogP contribution in [0.25, 0.3) is 10.9 Å². The van der Waals surface area contributed by atoms with Crippen molar-refractivity contribution >= 4 is 22.8 Å². The normalized spacial score (nSPS) is 12.3. The summed E-state index contributed by atoms with van der Waals surface area (Å²) in [5.41, 5.74) is 6.07. The molecule has 88 valence electrons. The van der Waals surface area contributed by atoms with E-state index in [-0.39, 0.29) is 0 Å². The molecule has 1 amide bonds. The van der Waals surface area contributed by atoms with Crippen molar-refractivity contribution in [1.82, 2.24) is 10.2 Å². The average molecular weight is 233 g/mol. The number of aromatic amines is 1. The molecule has 1 heterocycles. The van der Waals surface area contributed by atoms with Crippen molar-refractivity contribution in [3.63, 3.8) is 0 Å². The van der Waals surface area contributed by atoms with Gasteiger partial charge in [0.25, 0.3) is 5.91 Å². The van der Waals surface area contributed by atoms with Crippen LogP contribution in [0.3, 0.4) is 0 Å². The third kappa shape index (κ3) is 2.25. The van der Waals surface area contributed by atoms with Crippen LogP contribution < -0.4 is 5.73 Å². The molecule has 0 saturated heterocycles. The number of hydrogen-bond donors (Lipinski definition) is 2. The number of hydrogen-bond acceptors (Lipinski definition) is 4. The molecule has 0 saturated carbocycles. The lowest BCUT2D eigenvalue weighted by Crippen LogP contribution is -2.30. The number of amides is 1. The first-order chi connectivity index (χ1) is 8.08. The minimum Gasteiger partial charge on any atom is -0.449 e. The van der Waals surface area contributed by atoms with Crippen LogP contribution >= 0.6 is 0 Å². The number of rotatable bonds is 3. The Hall–Kier alpha value is -2.37. The van der Waals surface area contributed by atoms with E-state index in [0.717, 1.165) is 10.9 Å². The number of carbonyl (C=O) groups excluding carboxylic acids is 2. The van der Waals surface area contributed by atoms with E-state index in [1.807, 2.05) is 0 Å². The van der Waals surface area contributed by atoms with Gasteiger partial charge in [-0.2, -0.15) is 5.10 Å². The Morgan fingerprint density at radius 2 is 2.24 bits per heavy atom. The lowest BCUT2D eigenvalue weighted by atomic mass is 10.2. The zero-order valence-electron chi connectivity index (χ0n) is 9.14. The summed E-state index contributed by atoms with van der Waals surface area (Å²) in [6.45, 7) is 1.43. The fourth-order valence-corrected chi connectivity index (χ4v) is 1.35. The topological polar surface area (TPSA) is 98.1 Å². The number of nitrogens with two attached hydrogens (primary N) is 1. The highest BCUT2D eigenvalue weighted by Gasteiger charge is 2.16. The first-order valence-corrected chi connectivity index (χ1v) is 5.01. The SMILES string of the molecule is C[C@H](OC(=O)c1ccc2cn[nH]c2c1)C(N)=O. The van der Waals surface area contributed by atoms with Gasteiger partial charge in [0, 0.05) is 5.39 Å². The van der Waals surface area contributed by atoms with E-state index in [1.165, 1.54) is 6.92 Å². The Balaban J connectivity index is 2.21.